The molecule has 0 unspecified atom stereocenters. The summed E-state index contributed by atoms with van der Waals surface area (Å²) in [6, 6.07) is 13.4. The number of carbonyl (C=O) groups excluding carboxylic acids is 1. The van der Waals surface area contributed by atoms with Crippen LogP contribution in [0.15, 0.2) is 42.5 Å². The van der Waals surface area contributed by atoms with Crippen molar-refractivity contribution in [1.82, 2.24) is 4.90 Å². The molecule has 0 radical (unpaired) electrons. The topological polar surface area (TPSA) is 57.2 Å². The van der Waals surface area contributed by atoms with E-state index in [4.69, 9.17) is 18.9 Å². The van der Waals surface area contributed by atoms with Crippen molar-refractivity contribution in [3.8, 4) is 17.2 Å². The Morgan fingerprint density at radius 1 is 1.07 bits per heavy atom. The molecule has 2 aromatic carbocycles. The van der Waals surface area contributed by atoms with Crippen molar-refractivity contribution >= 4 is 5.91 Å². The number of methoxy groups -OCH3 is 2. The third-order valence-corrected chi connectivity index (χ3v) is 5.85. The van der Waals surface area contributed by atoms with Crippen LogP contribution in [0.3, 0.4) is 0 Å². The second-order valence-corrected chi connectivity index (χ2v) is 7.74. The number of carbonyl (C=O) groups is 1. The number of benzene rings is 2. The number of ether oxygens (including phenoxy) is 4. The summed E-state index contributed by atoms with van der Waals surface area (Å²) in [5, 5.41) is 0. The van der Waals surface area contributed by atoms with Crippen LogP contribution >= 0.6 is 0 Å². The molecule has 2 fully saturated rings. The molecule has 2 aromatic rings. The molecular weight excluding hydrogens is 382 g/mol. The van der Waals surface area contributed by atoms with Crippen molar-refractivity contribution in [1.29, 1.82) is 0 Å². The van der Waals surface area contributed by atoms with E-state index >= 15 is 0 Å². The Morgan fingerprint density at radius 3 is 2.70 bits per heavy atom. The van der Waals surface area contributed by atoms with Crippen LogP contribution < -0.4 is 14.2 Å². The van der Waals surface area contributed by atoms with Gasteiger partial charge in [0, 0.05) is 18.7 Å². The summed E-state index contributed by atoms with van der Waals surface area (Å²) < 4.78 is 22.3. The first kappa shape index (κ1) is 20.5. The second kappa shape index (κ2) is 9.39. The molecule has 2 atom stereocenters. The van der Waals surface area contributed by atoms with E-state index < -0.39 is 0 Å². The van der Waals surface area contributed by atoms with Crippen molar-refractivity contribution in [2.75, 3.05) is 34.0 Å². The van der Waals surface area contributed by atoms with E-state index in [2.05, 4.69) is 0 Å². The summed E-state index contributed by atoms with van der Waals surface area (Å²) in [7, 11) is 3.25. The number of hydrogen-bond donors (Lipinski definition) is 0. The van der Waals surface area contributed by atoms with Crippen LogP contribution in [0.5, 0.6) is 17.2 Å². The molecule has 0 saturated carbocycles. The fourth-order valence-corrected chi connectivity index (χ4v) is 4.27. The van der Waals surface area contributed by atoms with Crippen LogP contribution in [0.4, 0.5) is 0 Å². The number of amides is 1. The average molecular weight is 411 g/mol. The highest BCUT2D eigenvalue weighted by molar-refractivity contribution is 5.95. The molecule has 0 bridgehead atoms. The lowest BCUT2D eigenvalue weighted by Gasteiger charge is -2.26. The van der Waals surface area contributed by atoms with E-state index in [-0.39, 0.29) is 18.1 Å². The van der Waals surface area contributed by atoms with Crippen molar-refractivity contribution in [3.05, 3.63) is 53.6 Å². The summed E-state index contributed by atoms with van der Waals surface area (Å²) >= 11 is 0. The fourth-order valence-electron chi connectivity index (χ4n) is 4.27. The van der Waals surface area contributed by atoms with E-state index in [0.717, 1.165) is 44.4 Å². The van der Waals surface area contributed by atoms with Gasteiger partial charge in [0.15, 0.2) is 11.5 Å². The molecule has 0 aliphatic carbocycles. The zero-order chi connectivity index (χ0) is 20.9. The number of rotatable bonds is 7. The maximum Gasteiger partial charge on any atom is 0.254 e. The molecule has 0 spiro atoms. The van der Waals surface area contributed by atoms with Crippen LogP contribution in [0.1, 0.15) is 47.6 Å². The number of nitrogens with zero attached hydrogens (tertiary/aromatic N) is 1. The molecule has 6 nitrogen and oxygen atoms in total. The van der Waals surface area contributed by atoms with Gasteiger partial charge < -0.3 is 23.8 Å². The first-order valence-corrected chi connectivity index (χ1v) is 10.6. The van der Waals surface area contributed by atoms with Crippen LogP contribution in [-0.4, -0.2) is 50.9 Å². The highest BCUT2D eigenvalue weighted by Crippen LogP contribution is 2.37. The monoisotopic (exact) mass is 411 g/mol. The van der Waals surface area contributed by atoms with Crippen LogP contribution in [0.25, 0.3) is 0 Å². The zero-order valence-electron chi connectivity index (χ0n) is 17.6. The molecule has 2 aliphatic heterocycles. The minimum atomic E-state index is 0.0220. The molecule has 4 rings (SSSR count). The van der Waals surface area contributed by atoms with Gasteiger partial charge in [-0.1, -0.05) is 12.1 Å². The van der Waals surface area contributed by atoms with Gasteiger partial charge in [0.05, 0.1) is 26.4 Å². The largest absolute Gasteiger partial charge is 0.493 e. The van der Waals surface area contributed by atoms with Crippen molar-refractivity contribution in [3.63, 3.8) is 0 Å². The van der Waals surface area contributed by atoms with E-state index in [0.29, 0.717) is 29.4 Å². The van der Waals surface area contributed by atoms with Crippen LogP contribution in [0.2, 0.25) is 0 Å². The van der Waals surface area contributed by atoms with Crippen LogP contribution in [0, 0.1) is 0 Å². The van der Waals surface area contributed by atoms with Gasteiger partial charge in [0.25, 0.3) is 5.91 Å². The third-order valence-electron chi connectivity index (χ3n) is 5.85. The molecule has 0 aromatic heterocycles. The summed E-state index contributed by atoms with van der Waals surface area (Å²) in [6.45, 7) is 2.06. The molecular formula is C24H29NO5. The molecule has 160 valence electrons. The zero-order valence-corrected chi connectivity index (χ0v) is 17.6. The Labute approximate surface area is 177 Å². The predicted molar refractivity (Wildman–Crippen MR) is 113 cm³/mol. The third kappa shape index (κ3) is 4.38. The molecule has 30 heavy (non-hydrogen) atoms. The second-order valence-electron chi connectivity index (χ2n) is 7.74. The molecule has 2 aliphatic rings. The predicted octanol–water partition coefficient (Wildman–Crippen LogP) is 4.24. The quantitative estimate of drug-likeness (QED) is 0.682. The van der Waals surface area contributed by atoms with E-state index in [1.165, 1.54) is 0 Å². The first-order valence-electron chi connectivity index (χ1n) is 10.6. The molecule has 2 saturated heterocycles. The Hall–Kier alpha value is -2.73. The normalized spacial score (nSPS) is 20.9. The average Bonchev–Trinajstić information content (AvgIpc) is 3.49. The Bertz CT molecular complexity index is 878. The minimum Gasteiger partial charge on any atom is -0.493 e. The highest BCUT2D eigenvalue weighted by atomic mass is 16.5. The van der Waals surface area contributed by atoms with Gasteiger partial charge in [-0.2, -0.15) is 0 Å². The van der Waals surface area contributed by atoms with Crippen LogP contribution in [-0.2, 0) is 4.74 Å². The lowest BCUT2D eigenvalue weighted by atomic mass is 10.0. The van der Waals surface area contributed by atoms with Gasteiger partial charge in [-0.25, -0.2) is 0 Å². The van der Waals surface area contributed by atoms with Crippen molar-refractivity contribution < 1.29 is 23.7 Å². The first-order chi connectivity index (χ1) is 14.7. The van der Waals surface area contributed by atoms with E-state index in [1.807, 2.05) is 47.4 Å². The maximum absolute atomic E-state index is 13.3. The molecule has 1 amide bonds. The van der Waals surface area contributed by atoms with Crippen molar-refractivity contribution in [2.45, 2.75) is 37.8 Å². The minimum absolute atomic E-state index is 0.0220. The smallest absolute Gasteiger partial charge is 0.254 e. The number of likely N-dealkylation sites (tertiary alicyclic amines) is 1. The maximum atomic E-state index is 13.3. The summed E-state index contributed by atoms with van der Waals surface area (Å²) in [5.41, 5.74) is 1.71. The lowest BCUT2D eigenvalue weighted by Crippen LogP contribution is -2.30. The fraction of sp³-hybridized carbons (Fsp3) is 0.458. The lowest BCUT2D eigenvalue weighted by molar-refractivity contribution is 0.0676. The Balaban J connectivity index is 1.49. The summed E-state index contributed by atoms with van der Waals surface area (Å²) in [6.07, 6.45) is 4.16. The van der Waals surface area contributed by atoms with Gasteiger partial charge in [0.2, 0.25) is 0 Å². The van der Waals surface area contributed by atoms with Gasteiger partial charge in [-0.05, 0) is 61.6 Å². The van der Waals surface area contributed by atoms with E-state index in [1.54, 1.807) is 14.2 Å². The number of hydrogen-bond acceptors (Lipinski definition) is 5. The summed E-state index contributed by atoms with van der Waals surface area (Å²) in [4.78, 5) is 15.3. The standard InChI is InChI=1S/C24H29NO5/c1-27-22-11-10-17(15-23(22)28-2)21-9-4-12-25(21)24(26)18-6-3-7-19(14-18)30-16-20-8-5-13-29-20/h3,6-7,10-11,14-15,20-21H,4-5,8-9,12-13,16H2,1-2H3/t20-,21-/m0/s1. The molecule has 0 N–H and O–H groups in total. The van der Waals surface area contributed by atoms with Gasteiger partial charge in [0.1, 0.15) is 12.4 Å². The SMILES string of the molecule is COc1ccc([C@@H]2CCCN2C(=O)c2cccc(OC[C@@H]3CCCO3)c2)cc1OC. The highest BCUT2D eigenvalue weighted by Gasteiger charge is 2.31. The summed E-state index contributed by atoms with van der Waals surface area (Å²) in [5.74, 6) is 2.10. The molecule has 2 heterocycles. The van der Waals surface area contributed by atoms with Gasteiger partial charge in [-0.3, -0.25) is 4.79 Å². The Kier molecular flexibility index (Phi) is 6.43. The Morgan fingerprint density at radius 2 is 1.93 bits per heavy atom. The van der Waals surface area contributed by atoms with Gasteiger partial charge in [-0.15, -0.1) is 0 Å². The van der Waals surface area contributed by atoms with Crippen molar-refractivity contribution in [2.24, 2.45) is 0 Å². The van der Waals surface area contributed by atoms with E-state index in [9.17, 15) is 4.79 Å². The molecule has 6 heteroatoms. The van der Waals surface area contributed by atoms with Gasteiger partial charge >= 0.3 is 0 Å².